The number of ether oxygens (including phenoxy) is 1. The third-order valence-electron chi connectivity index (χ3n) is 5.09. The second kappa shape index (κ2) is 9.10. The van der Waals surface area contributed by atoms with Crippen LogP contribution in [0.3, 0.4) is 0 Å². The van der Waals surface area contributed by atoms with Gasteiger partial charge in [0.1, 0.15) is 0 Å². The number of piperidine rings is 1. The number of benzene rings is 1. The fraction of sp³-hybridized carbons (Fsp3) is 0.450. The van der Waals surface area contributed by atoms with Gasteiger partial charge in [0, 0.05) is 37.8 Å². The van der Waals surface area contributed by atoms with Crippen LogP contribution in [0.25, 0.3) is 0 Å². The van der Waals surface area contributed by atoms with E-state index in [0.717, 1.165) is 47.9 Å². The van der Waals surface area contributed by atoms with Gasteiger partial charge in [-0.3, -0.25) is 0 Å². The monoisotopic (exact) mass is 403 g/mol. The Hall–Kier alpha value is -2.54. The van der Waals surface area contributed by atoms with Crippen molar-refractivity contribution in [3.63, 3.8) is 0 Å². The molecule has 28 heavy (non-hydrogen) atoms. The van der Waals surface area contributed by atoms with Crippen LogP contribution in [-0.4, -0.2) is 54.4 Å². The second-order valence-corrected chi connectivity index (χ2v) is 7.44. The first-order valence-corrected chi connectivity index (χ1v) is 9.74. The molecule has 8 heteroatoms. The first-order valence-electron chi connectivity index (χ1n) is 9.36. The molecule has 1 atom stereocenters. The van der Waals surface area contributed by atoms with Crippen LogP contribution in [0.15, 0.2) is 30.3 Å². The molecule has 1 aromatic carbocycles. The van der Waals surface area contributed by atoms with Crippen molar-refractivity contribution in [3.8, 4) is 5.88 Å². The minimum atomic E-state index is -0.0831. The number of halogens is 1. The smallest absolute Gasteiger partial charge is 0.317 e. The number of likely N-dealkylation sites (N-methyl/N-ethyl adjacent to an activating group) is 1. The van der Waals surface area contributed by atoms with Crippen LogP contribution in [-0.2, 0) is 6.54 Å². The molecule has 1 aromatic heterocycles. The number of urea groups is 1. The summed E-state index contributed by atoms with van der Waals surface area (Å²) in [6.45, 7) is 4.06. The zero-order chi connectivity index (χ0) is 20.1. The lowest BCUT2D eigenvalue weighted by Gasteiger charge is -2.38. The number of hydrogen-bond acceptors (Lipinski definition) is 5. The van der Waals surface area contributed by atoms with Gasteiger partial charge in [-0.05, 0) is 43.0 Å². The molecule has 1 aliphatic rings. The molecule has 2 heterocycles. The maximum absolute atomic E-state index is 12.6. The fourth-order valence-electron chi connectivity index (χ4n) is 3.35. The Labute approximate surface area is 170 Å². The Balaban J connectivity index is 1.56. The average Bonchev–Trinajstić information content (AvgIpc) is 2.74. The molecule has 1 aliphatic heterocycles. The predicted molar refractivity (Wildman–Crippen MR) is 110 cm³/mol. The van der Waals surface area contributed by atoms with Crippen LogP contribution in [0.1, 0.15) is 24.0 Å². The first kappa shape index (κ1) is 20.2. The molecule has 7 nitrogen and oxygen atoms in total. The van der Waals surface area contributed by atoms with Crippen molar-refractivity contribution in [2.75, 3.05) is 32.1 Å². The molecule has 0 spiro atoms. The molecule has 0 radical (unpaired) electrons. The standard InChI is InChI=1S/C20H26ClN5O2/c1-14-11-15(6-7-17(14)21)12-22-20(27)25(2)16-5-4-10-26(13-16)18-8-9-19(28-3)24-23-18/h6-9,11,16H,4-5,10,12-13H2,1-3H3,(H,22,27)/t16-/m1/s1. The minimum Gasteiger partial charge on any atom is -0.480 e. The molecule has 0 unspecified atom stereocenters. The van der Waals surface area contributed by atoms with Gasteiger partial charge in [0.15, 0.2) is 5.82 Å². The summed E-state index contributed by atoms with van der Waals surface area (Å²) in [5, 5.41) is 12.0. The van der Waals surface area contributed by atoms with E-state index < -0.39 is 0 Å². The Bertz CT molecular complexity index is 815. The molecule has 0 saturated carbocycles. The predicted octanol–water partition coefficient (Wildman–Crippen LogP) is 3.26. The van der Waals surface area contributed by atoms with Gasteiger partial charge in [0.2, 0.25) is 5.88 Å². The van der Waals surface area contributed by atoms with Gasteiger partial charge in [-0.15, -0.1) is 10.2 Å². The summed E-state index contributed by atoms with van der Waals surface area (Å²) >= 11 is 6.06. The number of aromatic nitrogens is 2. The van der Waals surface area contributed by atoms with Crippen molar-refractivity contribution in [2.24, 2.45) is 0 Å². The number of nitrogens with one attached hydrogen (secondary N) is 1. The molecule has 1 N–H and O–H groups in total. The van der Waals surface area contributed by atoms with Crippen LogP contribution in [0, 0.1) is 6.92 Å². The Morgan fingerprint density at radius 3 is 2.86 bits per heavy atom. The van der Waals surface area contributed by atoms with Crippen molar-refractivity contribution in [3.05, 3.63) is 46.5 Å². The van der Waals surface area contributed by atoms with Crippen LogP contribution >= 0.6 is 11.6 Å². The summed E-state index contributed by atoms with van der Waals surface area (Å²) in [5.74, 6) is 1.29. The second-order valence-electron chi connectivity index (χ2n) is 7.03. The molecule has 0 aliphatic carbocycles. The van der Waals surface area contributed by atoms with E-state index in [4.69, 9.17) is 16.3 Å². The number of hydrogen-bond donors (Lipinski definition) is 1. The molecule has 2 aromatic rings. The van der Waals surface area contributed by atoms with Crippen molar-refractivity contribution < 1.29 is 9.53 Å². The van der Waals surface area contributed by atoms with Crippen molar-refractivity contribution in [2.45, 2.75) is 32.4 Å². The molecule has 0 bridgehead atoms. The van der Waals surface area contributed by atoms with E-state index in [2.05, 4.69) is 20.4 Å². The number of rotatable bonds is 5. The number of anilines is 1. The molecule has 1 fully saturated rings. The number of nitrogens with zero attached hydrogens (tertiary/aromatic N) is 4. The van der Waals surface area contributed by atoms with Gasteiger partial charge in [0.05, 0.1) is 13.2 Å². The number of aryl methyl sites for hydroxylation is 1. The maximum Gasteiger partial charge on any atom is 0.317 e. The normalized spacial score (nSPS) is 16.6. The van der Waals surface area contributed by atoms with E-state index >= 15 is 0 Å². The van der Waals surface area contributed by atoms with E-state index in [1.54, 1.807) is 18.1 Å². The number of carbonyl (C=O) groups is 1. The topological polar surface area (TPSA) is 70.6 Å². The van der Waals surface area contributed by atoms with Crippen LogP contribution < -0.4 is 15.0 Å². The zero-order valence-electron chi connectivity index (χ0n) is 16.5. The summed E-state index contributed by atoms with van der Waals surface area (Å²) in [6, 6.07) is 9.52. The highest BCUT2D eigenvalue weighted by Gasteiger charge is 2.27. The Morgan fingerprint density at radius 1 is 1.36 bits per heavy atom. The van der Waals surface area contributed by atoms with Gasteiger partial charge in [0.25, 0.3) is 0 Å². The van der Waals surface area contributed by atoms with Gasteiger partial charge < -0.3 is 19.9 Å². The summed E-state index contributed by atoms with van der Waals surface area (Å²) in [5.41, 5.74) is 2.03. The van der Waals surface area contributed by atoms with Crippen molar-refractivity contribution in [1.82, 2.24) is 20.4 Å². The maximum atomic E-state index is 12.6. The Morgan fingerprint density at radius 2 is 2.18 bits per heavy atom. The van der Waals surface area contributed by atoms with Gasteiger partial charge in [-0.1, -0.05) is 23.7 Å². The highest BCUT2D eigenvalue weighted by Crippen LogP contribution is 2.21. The highest BCUT2D eigenvalue weighted by molar-refractivity contribution is 6.31. The average molecular weight is 404 g/mol. The van der Waals surface area contributed by atoms with Gasteiger partial charge in [-0.25, -0.2) is 4.79 Å². The summed E-state index contributed by atoms with van der Waals surface area (Å²) < 4.78 is 5.06. The van der Waals surface area contributed by atoms with Crippen LogP contribution in [0.2, 0.25) is 5.02 Å². The number of carbonyl (C=O) groups excluding carboxylic acids is 1. The van der Waals surface area contributed by atoms with Crippen molar-refractivity contribution >= 4 is 23.4 Å². The minimum absolute atomic E-state index is 0.0831. The largest absolute Gasteiger partial charge is 0.480 e. The summed E-state index contributed by atoms with van der Waals surface area (Å²) in [4.78, 5) is 16.6. The Kier molecular flexibility index (Phi) is 6.57. The SMILES string of the molecule is COc1ccc(N2CCC[C@@H](N(C)C(=O)NCc3ccc(Cl)c(C)c3)C2)nn1. The van der Waals surface area contributed by atoms with Crippen molar-refractivity contribution in [1.29, 1.82) is 0 Å². The molecular weight excluding hydrogens is 378 g/mol. The van der Waals surface area contributed by atoms with E-state index in [0.29, 0.717) is 12.4 Å². The molecule has 3 rings (SSSR count). The fourth-order valence-corrected chi connectivity index (χ4v) is 3.47. The third-order valence-corrected chi connectivity index (χ3v) is 5.51. The van der Waals surface area contributed by atoms with Gasteiger partial charge >= 0.3 is 6.03 Å². The molecule has 1 saturated heterocycles. The third kappa shape index (κ3) is 4.84. The van der Waals surface area contributed by atoms with Crippen LogP contribution in [0.5, 0.6) is 5.88 Å². The van der Waals surface area contributed by atoms with E-state index in [1.807, 2.05) is 38.2 Å². The van der Waals surface area contributed by atoms with Gasteiger partial charge in [-0.2, -0.15) is 0 Å². The quantitative estimate of drug-likeness (QED) is 0.829. The lowest BCUT2D eigenvalue weighted by atomic mass is 10.0. The lowest BCUT2D eigenvalue weighted by molar-refractivity contribution is 0.182. The number of amides is 2. The molecule has 150 valence electrons. The summed E-state index contributed by atoms with van der Waals surface area (Å²) in [7, 11) is 3.41. The van der Waals surface area contributed by atoms with E-state index in [9.17, 15) is 4.79 Å². The zero-order valence-corrected chi connectivity index (χ0v) is 17.2. The number of methoxy groups -OCH3 is 1. The highest BCUT2D eigenvalue weighted by atomic mass is 35.5. The molecular formula is C20H26ClN5O2. The first-order chi connectivity index (χ1) is 13.5. The van der Waals surface area contributed by atoms with E-state index in [1.165, 1.54) is 0 Å². The summed E-state index contributed by atoms with van der Waals surface area (Å²) in [6.07, 6.45) is 1.95. The van der Waals surface area contributed by atoms with Crippen LogP contribution in [0.4, 0.5) is 10.6 Å². The molecule has 2 amide bonds. The lowest BCUT2D eigenvalue weighted by Crippen LogP contribution is -2.51. The van der Waals surface area contributed by atoms with E-state index in [-0.39, 0.29) is 12.1 Å².